The van der Waals surface area contributed by atoms with Crippen LogP contribution >= 0.6 is 0 Å². The Bertz CT molecular complexity index is 902. The molecular formula is C21H23N3O3W. The third-order valence-electron chi connectivity index (χ3n) is 4.36. The first-order valence-electron chi connectivity index (χ1n) is 9.13. The number of nitrogens with zero attached hydrogens (tertiary/aromatic N) is 2. The molecule has 1 aromatic heterocycles. The van der Waals surface area contributed by atoms with E-state index in [-0.39, 0.29) is 5.91 Å². The Balaban J connectivity index is 1.80. The molecule has 0 spiro atoms. The molecule has 0 radical (unpaired) electrons. The van der Waals surface area contributed by atoms with Crippen molar-refractivity contribution in [3.05, 3.63) is 72.0 Å². The molecule has 0 bridgehead atoms. The number of aryl methyl sites for hydroxylation is 1. The van der Waals surface area contributed by atoms with Gasteiger partial charge in [0.1, 0.15) is 0 Å². The molecule has 0 saturated carbocycles. The van der Waals surface area contributed by atoms with E-state index in [1.807, 2.05) is 42.8 Å². The Morgan fingerprint density at radius 2 is 2.18 bits per heavy atom. The molecule has 1 aliphatic rings. The van der Waals surface area contributed by atoms with Gasteiger partial charge in [0.2, 0.25) is 0 Å². The van der Waals surface area contributed by atoms with E-state index in [9.17, 15) is 4.79 Å². The Morgan fingerprint density at radius 3 is 3.04 bits per heavy atom. The first-order chi connectivity index (χ1) is 13.7. The normalized spacial score (nSPS) is 16.0. The monoisotopic (exact) mass is 549 g/mol. The molecule has 2 aromatic rings. The van der Waals surface area contributed by atoms with Crippen LogP contribution in [-0.4, -0.2) is 33.1 Å². The second kappa shape index (κ2) is 10.3. The Labute approximate surface area is 175 Å². The van der Waals surface area contributed by atoms with Crippen LogP contribution in [0.15, 0.2) is 55.0 Å². The van der Waals surface area contributed by atoms with Gasteiger partial charge in [-0.3, -0.25) is 0 Å². The molecular weight excluding hydrogens is 526 g/mol. The number of ether oxygens (including phenoxy) is 2. The molecule has 2 heterocycles. The van der Waals surface area contributed by atoms with Crippen LogP contribution in [0.25, 0.3) is 0 Å². The molecule has 0 unspecified atom stereocenters. The summed E-state index contributed by atoms with van der Waals surface area (Å²) in [5, 5.41) is 2.81. The minimum absolute atomic E-state index is 0.187. The van der Waals surface area contributed by atoms with Crippen molar-refractivity contribution in [2.45, 2.75) is 26.0 Å². The van der Waals surface area contributed by atoms with Crippen LogP contribution in [0.3, 0.4) is 0 Å². The first-order valence-corrected chi connectivity index (χ1v) is 10.6. The summed E-state index contributed by atoms with van der Waals surface area (Å²) in [7, 11) is 1.59. The number of nitrogens with one attached hydrogen (secondary N) is 1. The molecule has 7 heteroatoms. The van der Waals surface area contributed by atoms with Gasteiger partial charge in [-0.2, -0.15) is 0 Å². The van der Waals surface area contributed by atoms with Crippen molar-refractivity contribution < 1.29 is 33.6 Å². The summed E-state index contributed by atoms with van der Waals surface area (Å²) in [5.41, 5.74) is 1.40. The molecule has 1 aliphatic heterocycles. The van der Waals surface area contributed by atoms with Gasteiger partial charge in [0, 0.05) is 0 Å². The van der Waals surface area contributed by atoms with Crippen LogP contribution in [-0.2, 0) is 37.2 Å². The van der Waals surface area contributed by atoms with Crippen molar-refractivity contribution >= 4 is 9.81 Å². The topological polar surface area (TPSA) is 65.4 Å². The van der Waals surface area contributed by atoms with Crippen LogP contribution < -0.4 is 10.1 Å². The maximum atomic E-state index is 12.6. The summed E-state index contributed by atoms with van der Waals surface area (Å²) in [4.78, 5) is 17.1. The van der Waals surface area contributed by atoms with Gasteiger partial charge in [0.25, 0.3) is 0 Å². The van der Waals surface area contributed by atoms with Crippen molar-refractivity contribution in [2.24, 2.45) is 0 Å². The number of imidazole rings is 1. The summed E-state index contributed by atoms with van der Waals surface area (Å²) in [6.07, 6.45) is 13.2. The van der Waals surface area contributed by atoms with E-state index < -0.39 is 0 Å². The fraction of sp³-hybridized carbons (Fsp3) is 0.286. The average Bonchev–Trinajstić information content (AvgIpc) is 3.18. The van der Waals surface area contributed by atoms with Gasteiger partial charge < -0.3 is 0 Å². The molecule has 0 aliphatic carbocycles. The molecule has 0 atom stereocenters. The number of hydrogen-bond donors (Lipinski definition) is 1. The van der Waals surface area contributed by atoms with E-state index in [2.05, 4.69) is 14.9 Å². The SMILES string of the molecule is COc1ccc2c(c1)C(=O)NC=CC=C[C](=[W])c1nccn1CCCCOC2. The number of allylic oxidation sites excluding steroid dienone is 3. The van der Waals surface area contributed by atoms with E-state index in [0.29, 0.717) is 24.5 Å². The van der Waals surface area contributed by atoms with Gasteiger partial charge in [-0.1, -0.05) is 0 Å². The molecule has 0 saturated heterocycles. The number of amides is 1. The van der Waals surface area contributed by atoms with Crippen molar-refractivity contribution in [3.63, 3.8) is 0 Å². The van der Waals surface area contributed by atoms with Gasteiger partial charge >= 0.3 is 176 Å². The zero-order valence-corrected chi connectivity index (χ0v) is 18.7. The number of carbonyl (C=O) groups is 1. The zero-order valence-electron chi connectivity index (χ0n) is 15.8. The van der Waals surface area contributed by atoms with E-state index in [1.165, 1.54) is 19.4 Å². The summed E-state index contributed by atoms with van der Waals surface area (Å²) in [6, 6.07) is 5.47. The summed E-state index contributed by atoms with van der Waals surface area (Å²) in [6.45, 7) is 1.95. The summed E-state index contributed by atoms with van der Waals surface area (Å²) < 4.78 is 14.4. The number of rotatable bonds is 1. The standard InChI is InChI=1S/C21H23N3O3.W/c1-26-18-9-8-17-16-27-14-6-5-12-24-13-11-22-20(24)7-3-2-4-10-23-21(25)19(17)15-18;/h2-4,8-11,13,15H,5-6,12,14,16H2,1H3,(H,23,25);. The minimum atomic E-state index is -0.187. The Kier molecular flexibility index (Phi) is 7.52. The molecule has 28 heavy (non-hydrogen) atoms. The van der Waals surface area contributed by atoms with Gasteiger partial charge in [0.15, 0.2) is 0 Å². The van der Waals surface area contributed by atoms with E-state index in [4.69, 9.17) is 9.47 Å². The summed E-state index contributed by atoms with van der Waals surface area (Å²) >= 11 is 1.35. The van der Waals surface area contributed by atoms with Crippen molar-refractivity contribution in [3.8, 4) is 5.75 Å². The zero-order chi connectivity index (χ0) is 19.8. The molecule has 146 valence electrons. The van der Waals surface area contributed by atoms with E-state index in [0.717, 1.165) is 34.7 Å². The number of methoxy groups -OCH3 is 1. The number of benzene rings is 1. The summed E-state index contributed by atoms with van der Waals surface area (Å²) in [5.74, 6) is 1.45. The van der Waals surface area contributed by atoms with Crippen LogP contribution in [0, 0.1) is 0 Å². The van der Waals surface area contributed by atoms with Gasteiger partial charge in [-0.25, -0.2) is 0 Å². The number of carbonyl (C=O) groups excluding carboxylic acids is 1. The molecule has 1 aromatic carbocycles. The maximum absolute atomic E-state index is 12.6. The average molecular weight is 549 g/mol. The van der Waals surface area contributed by atoms with Crippen LogP contribution in [0.1, 0.15) is 34.6 Å². The Morgan fingerprint density at radius 1 is 1.29 bits per heavy atom. The number of fused-ring (bicyclic) bond motifs is 2. The quantitative estimate of drug-likeness (QED) is 0.595. The second-order valence-corrected chi connectivity index (χ2v) is 7.86. The first kappa shape index (κ1) is 20.4. The van der Waals surface area contributed by atoms with Crippen molar-refractivity contribution in [1.82, 2.24) is 14.9 Å². The third-order valence-corrected chi connectivity index (χ3v) is 5.51. The van der Waals surface area contributed by atoms with Crippen molar-refractivity contribution in [1.29, 1.82) is 0 Å². The fourth-order valence-corrected chi connectivity index (χ4v) is 3.77. The number of aromatic nitrogens is 2. The van der Waals surface area contributed by atoms with E-state index >= 15 is 0 Å². The second-order valence-electron chi connectivity index (χ2n) is 6.28. The fourth-order valence-electron chi connectivity index (χ4n) is 2.88. The molecule has 3 rings (SSSR count). The molecule has 1 amide bonds. The molecule has 0 fully saturated rings. The Hall–Kier alpha value is -2.30. The molecule has 6 nitrogen and oxygen atoms in total. The third kappa shape index (κ3) is 5.37. The predicted octanol–water partition coefficient (Wildman–Crippen LogP) is 2.77. The van der Waals surface area contributed by atoms with Crippen LogP contribution in [0.5, 0.6) is 5.75 Å². The van der Waals surface area contributed by atoms with Crippen molar-refractivity contribution in [2.75, 3.05) is 13.7 Å². The van der Waals surface area contributed by atoms with E-state index in [1.54, 1.807) is 19.4 Å². The van der Waals surface area contributed by atoms with Crippen LogP contribution in [0.4, 0.5) is 0 Å². The van der Waals surface area contributed by atoms with Gasteiger partial charge in [-0.15, -0.1) is 0 Å². The molecule has 1 N–H and O–H groups in total. The van der Waals surface area contributed by atoms with Gasteiger partial charge in [-0.05, 0) is 0 Å². The number of hydrogen-bond acceptors (Lipinski definition) is 4. The van der Waals surface area contributed by atoms with Gasteiger partial charge in [0.05, 0.1) is 0 Å². The van der Waals surface area contributed by atoms with Crippen LogP contribution in [0.2, 0.25) is 0 Å². The predicted molar refractivity (Wildman–Crippen MR) is 104 cm³/mol.